The van der Waals surface area contributed by atoms with E-state index in [1.54, 1.807) is 6.92 Å². The quantitative estimate of drug-likeness (QED) is 0.515. The molecule has 0 aromatic heterocycles. The van der Waals surface area contributed by atoms with Gasteiger partial charge in [0.15, 0.2) is 5.92 Å². The van der Waals surface area contributed by atoms with Gasteiger partial charge in [0.05, 0.1) is 0 Å². The van der Waals surface area contributed by atoms with E-state index in [0.717, 1.165) is 0 Å². The number of rotatable bonds is 4. The molecule has 0 aromatic carbocycles. The number of hydrogen-bond donors (Lipinski definition) is 2. The van der Waals surface area contributed by atoms with Crippen LogP contribution in [0.4, 0.5) is 0 Å². The SMILES string of the molecule is C=C=C.CCCC(C(=O)O)C(=O)O. The first-order chi connectivity index (χ1) is 6.01. The zero-order valence-corrected chi connectivity index (χ0v) is 7.62. The molecule has 0 bridgehead atoms. The Kier molecular flexibility index (Phi) is 9.22. The number of hydrogen-bond acceptors (Lipinski definition) is 2. The van der Waals surface area contributed by atoms with Crippen LogP contribution in [0.15, 0.2) is 18.9 Å². The van der Waals surface area contributed by atoms with Gasteiger partial charge in [0.2, 0.25) is 0 Å². The minimum Gasteiger partial charge on any atom is -0.481 e. The molecule has 0 aliphatic carbocycles. The molecule has 0 amide bonds. The van der Waals surface area contributed by atoms with Crippen molar-refractivity contribution in [1.29, 1.82) is 0 Å². The Hall–Kier alpha value is -1.54. The molecule has 2 N–H and O–H groups in total. The molecule has 0 radical (unpaired) electrons. The van der Waals surface area contributed by atoms with Crippen LogP contribution >= 0.6 is 0 Å². The second kappa shape index (κ2) is 8.56. The van der Waals surface area contributed by atoms with Gasteiger partial charge in [0.25, 0.3) is 0 Å². The standard InChI is InChI=1S/C6H10O4.C3H4/c1-2-3-4(5(7)8)6(9)10;1-3-2/h4H,2-3H2,1H3,(H,7,8)(H,9,10);1-2H2. The van der Waals surface area contributed by atoms with Gasteiger partial charge < -0.3 is 10.2 Å². The molecule has 0 fully saturated rings. The lowest BCUT2D eigenvalue weighted by molar-refractivity contribution is -0.154. The Morgan fingerprint density at radius 1 is 1.31 bits per heavy atom. The van der Waals surface area contributed by atoms with Crippen LogP contribution in [0.3, 0.4) is 0 Å². The summed E-state index contributed by atoms with van der Waals surface area (Å²) in [5, 5.41) is 16.6. The van der Waals surface area contributed by atoms with Crippen molar-refractivity contribution in [2.24, 2.45) is 5.92 Å². The number of carboxylic acid groups (broad SMARTS) is 2. The highest BCUT2D eigenvalue weighted by atomic mass is 16.4. The largest absolute Gasteiger partial charge is 0.481 e. The minimum absolute atomic E-state index is 0.199. The Bertz CT molecular complexity index is 188. The van der Waals surface area contributed by atoms with Gasteiger partial charge in [-0.05, 0) is 6.42 Å². The van der Waals surface area contributed by atoms with Crippen molar-refractivity contribution >= 4 is 11.9 Å². The average molecular weight is 186 g/mol. The molecular weight excluding hydrogens is 172 g/mol. The zero-order valence-electron chi connectivity index (χ0n) is 7.62. The molecule has 4 nitrogen and oxygen atoms in total. The molecule has 13 heavy (non-hydrogen) atoms. The van der Waals surface area contributed by atoms with Crippen molar-refractivity contribution in [3.8, 4) is 0 Å². The van der Waals surface area contributed by atoms with E-state index in [-0.39, 0.29) is 6.42 Å². The van der Waals surface area contributed by atoms with Crippen LogP contribution in [-0.2, 0) is 9.59 Å². The van der Waals surface area contributed by atoms with Crippen LogP contribution in [0.2, 0.25) is 0 Å². The molecule has 0 saturated heterocycles. The Morgan fingerprint density at radius 2 is 1.62 bits per heavy atom. The molecule has 74 valence electrons. The molecule has 0 atom stereocenters. The minimum atomic E-state index is -1.26. The molecule has 0 aliphatic rings. The third-order valence-electron chi connectivity index (χ3n) is 1.17. The van der Waals surface area contributed by atoms with Crippen LogP contribution in [0.25, 0.3) is 0 Å². The Balaban J connectivity index is 0. The van der Waals surface area contributed by atoms with Gasteiger partial charge in [-0.1, -0.05) is 26.5 Å². The highest BCUT2D eigenvalue weighted by molar-refractivity contribution is 5.92. The van der Waals surface area contributed by atoms with E-state index in [0.29, 0.717) is 6.42 Å². The first-order valence-electron chi connectivity index (χ1n) is 3.76. The Labute approximate surface area is 77.2 Å². The first kappa shape index (κ1) is 14.0. The fraction of sp³-hybridized carbons (Fsp3) is 0.444. The van der Waals surface area contributed by atoms with Crippen molar-refractivity contribution < 1.29 is 19.8 Å². The van der Waals surface area contributed by atoms with Crippen molar-refractivity contribution in [3.63, 3.8) is 0 Å². The van der Waals surface area contributed by atoms with Crippen LogP contribution in [0.1, 0.15) is 19.8 Å². The maximum Gasteiger partial charge on any atom is 0.317 e. The van der Waals surface area contributed by atoms with Gasteiger partial charge in [-0.25, -0.2) is 0 Å². The predicted molar refractivity (Wildman–Crippen MR) is 48.4 cm³/mol. The summed E-state index contributed by atoms with van der Waals surface area (Å²) in [6, 6.07) is 0. The van der Waals surface area contributed by atoms with E-state index in [9.17, 15) is 9.59 Å². The zero-order chi connectivity index (χ0) is 10.9. The second-order valence-corrected chi connectivity index (χ2v) is 2.27. The van der Waals surface area contributed by atoms with Crippen LogP contribution in [0, 0.1) is 5.92 Å². The number of carboxylic acids is 2. The first-order valence-corrected chi connectivity index (χ1v) is 3.76. The third-order valence-corrected chi connectivity index (χ3v) is 1.17. The van der Waals surface area contributed by atoms with Crippen molar-refractivity contribution in [2.75, 3.05) is 0 Å². The topological polar surface area (TPSA) is 74.6 Å². The van der Waals surface area contributed by atoms with Crippen LogP contribution in [0.5, 0.6) is 0 Å². The van der Waals surface area contributed by atoms with Crippen LogP contribution < -0.4 is 0 Å². The van der Waals surface area contributed by atoms with E-state index < -0.39 is 17.9 Å². The maximum absolute atomic E-state index is 10.2. The van der Waals surface area contributed by atoms with Crippen molar-refractivity contribution in [3.05, 3.63) is 18.9 Å². The highest BCUT2D eigenvalue weighted by Crippen LogP contribution is 2.05. The summed E-state index contributed by atoms with van der Waals surface area (Å²) in [7, 11) is 0. The molecule has 0 spiro atoms. The molecule has 0 unspecified atom stereocenters. The van der Waals surface area contributed by atoms with Gasteiger partial charge in [-0.3, -0.25) is 9.59 Å². The summed E-state index contributed by atoms with van der Waals surface area (Å²) in [6.45, 7) is 8.00. The molecule has 0 rings (SSSR count). The molecule has 0 saturated carbocycles. The van der Waals surface area contributed by atoms with Gasteiger partial charge in [0.1, 0.15) is 0 Å². The van der Waals surface area contributed by atoms with Gasteiger partial charge >= 0.3 is 11.9 Å². The normalized spacial score (nSPS) is 8.15. The fourth-order valence-corrected chi connectivity index (χ4v) is 0.641. The van der Waals surface area contributed by atoms with Crippen molar-refractivity contribution in [2.45, 2.75) is 19.8 Å². The lowest BCUT2D eigenvalue weighted by Gasteiger charge is -2.02. The number of carbonyl (C=O) groups is 2. The third kappa shape index (κ3) is 8.37. The predicted octanol–water partition coefficient (Wildman–Crippen LogP) is 1.53. The van der Waals surface area contributed by atoms with Gasteiger partial charge in [0, 0.05) is 0 Å². The summed E-state index contributed by atoms with van der Waals surface area (Å²) >= 11 is 0. The van der Waals surface area contributed by atoms with E-state index in [2.05, 4.69) is 18.9 Å². The average Bonchev–Trinajstić information content (AvgIpc) is 2.00. The number of aliphatic carboxylic acids is 2. The molecule has 4 heteroatoms. The van der Waals surface area contributed by atoms with E-state index >= 15 is 0 Å². The lowest BCUT2D eigenvalue weighted by Crippen LogP contribution is -2.22. The summed E-state index contributed by atoms with van der Waals surface area (Å²) < 4.78 is 0. The van der Waals surface area contributed by atoms with E-state index in [1.807, 2.05) is 0 Å². The smallest absolute Gasteiger partial charge is 0.317 e. The molecule has 0 aromatic rings. The lowest BCUT2D eigenvalue weighted by atomic mass is 10.1. The van der Waals surface area contributed by atoms with Crippen LogP contribution in [-0.4, -0.2) is 22.2 Å². The molecular formula is C9H14O4. The summed E-state index contributed by atoms with van der Waals surface area (Å²) in [4.78, 5) is 20.3. The van der Waals surface area contributed by atoms with Gasteiger partial charge in [-0.15, -0.1) is 5.73 Å². The second-order valence-electron chi connectivity index (χ2n) is 2.27. The summed E-state index contributed by atoms with van der Waals surface area (Å²) in [5.41, 5.74) is 2.25. The highest BCUT2D eigenvalue weighted by Gasteiger charge is 2.23. The summed E-state index contributed by atoms with van der Waals surface area (Å²) in [5.74, 6) is -3.74. The maximum atomic E-state index is 10.2. The Morgan fingerprint density at radius 3 is 1.69 bits per heavy atom. The monoisotopic (exact) mass is 186 g/mol. The van der Waals surface area contributed by atoms with E-state index in [1.165, 1.54) is 0 Å². The fourth-order valence-electron chi connectivity index (χ4n) is 0.641. The van der Waals surface area contributed by atoms with E-state index in [4.69, 9.17) is 10.2 Å². The van der Waals surface area contributed by atoms with Gasteiger partial charge in [-0.2, -0.15) is 0 Å². The molecule has 0 heterocycles. The summed E-state index contributed by atoms with van der Waals surface area (Å²) in [6.07, 6.45) is 0.772. The molecule has 0 aliphatic heterocycles. The van der Waals surface area contributed by atoms with Crippen molar-refractivity contribution in [1.82, 2.24) is 0 Å².